The van der Waals surface area contributed by atoms with Crippen molar-refractivity contribution in [3.8, 4) is 5.75 Å². The molecule has 1 rings (SSSR count). The number of methoxy groups -OCH3 is 1. The van der Waals surface area contributed by atoms with Gasteiger partial charge in [-0.1, -0.05) is 26.0 Å². The molecule has 1 aromatic rings. The molecule has 6 nitrogen and oxygen atoms in total. The zero-order chi connectivity index (χ0) is 16.0. The fourth-order valence-corrected chi connectivity index (χ4v) is 1.80. The molecule has 0 saturated carbocycles. The van der Waals surface area contributed by atoms with Gasteiger partial charge in [0.05, 0.1) is 18.6 Å². The molecule has 6 heteroatoms. The Morgan fingerprint density at radius 1 is 1.43 bits per heavy atom. The van der Waals surface area contributed by atoms with Crippen LogP contribution < -0.4 is 4.74 Å². The first-order chi connectivity index (χ1) is 9.81. The van der Waals surface area contributed by atoms with Crippen LogP contribution in [-0.4, -0.2) is 24.6 Å². The van der Waals surface area contributed by atoms with E-state index in [-0.39, 0.29) is 11.4 Å². The molecule has 0 aromatic heterocycles. The van der Waals surface area contributed by atoms with Crippen molar-refractivity contribution in [2.45, 2.75) is 26.2 Å². The van der Waals surface area contributed by atoms with E-state index in [1.807, 2.05) is 13.8 Å². The highest BCUT2D eigenvalue weighted by Crippen LogP contribution is 2.33. The normalized spacial score (nSPS) is 11.4. The predicted octanol–water partition coefficient (Wildman–Crippen LogP) is 3.00. The molecule has 0 aliphatic heterocycles. The third-order valence-corrected chi connectivity index (χ3v) is 3.04. The molecule has 0 spiro atoms. The second-order valence-electron chi connectivity index (χ2n) is 4.95. The van der Waals surface area contributed by atoms with E-state index in [9.17, 15) is 14.9 Å². The van der Waals surface area contributed by atoms with Crippen molar-refractivity contribution in [3.63, 3.8) is 0 Å². The second kappa shape index (κ2) is 6.88. The molecule has 0 fully saturated rings. The number of rotatable bonds is 6. The van der Waals surface area contributed by atoms with Crippen LogP contribution in [0.3, 0.4) is 0 Å². The molecule has 0 atom stereocenters. The van der Waals surface area contributed by atoms with E-state index < -0.39 is 16.3 Å². The first kappa shape index (κ1) is 16.7. The van der Waals surface area contributed by atoms with E-state index >= 15 is 0 Å². The largest absolute Gasteiger partial charge is 0.490 e. The second-order valence-corrected chi connectivity index (χ2v) is 4.95. The van der Waals surface area contributed by atoms with Gasteiger partial charge >= 0.3 is 11.7 Å². The zero-order valence-corrected chi connectivity index (χ0v) is 12.6. The molecule has 0 amide bonds. The summed E-state index contributed by atoms with van der Waals surface area (Å²) in [6.45, 7) is 5.74. The van der Waals surface area contributed by atoms with E-state index in [1.54, 1.807) is 25.1 Å². The van der Waals surface area contributed by atoms with Gasteiger partial charge in [0.2, 0.25) is 0 Å². The van der Waals surface area contributed by atoms with Gasteiger partial charge in [-0.3, -0.25) is 10.1 Å². The summed E-state index contributed by atoms with van der Waals surface area (Å²) in [7, 11) is 1.38. The van der Waals surface area contributed by atoms with Gasteiger partial charge in [-0.05, 0) is 18.6 Å². The molecule has 0 aliphatic rings. The van der Waals surface area contributed by atoms with Crippen LogP contribution in [0.25, 0.3) is 0 Å². The van der Waals surface area contributed by atoms with Gasteiger partial charge in [-0.2, -0.15) is 0 Å². The summed E-state index contributed by atoms with van der Waals surface area (Å²) in [5.74, 6) is -0.234. The third kappa shape index (κ3) is 4.30. The first-order valence-corrected chi connectivity index (χ1v) is 6.50. The molecule has 0 radical (unpaired) electrons. The van der Waals surface area contributed by atoms with Crippen molar-refractivity contribution in [3.05, 3.63) is 46.0 Å². The lowest BCUT2D eigenvalue weighted by Crippen LogP contribution is -2.15. The smallest absolute Gasteiger partial charge is 0.330 e. The minimum Gasteiger partial charge on any atom is -0.490 e. The topological polar surface area (TPSA) is 78.7 Å². The Morgan fingerprint density at radius 2 is 2.10 bits per heavy atom. The van der Waals surface area contributed by atoms with Crippen molar-refractivity contribution >= 4 is 11.7 Å². The third-order valence-electron chi connectivity index (χ3n) is 3.04. The summed E-state index contributed by atoms with van der Waals surface area (Å²) in [6, 6.07) is 4.74. The maximum Gasteiger partial charge on any atom is 0.330 e. The highest BCUT2D eigenvalue weighted by Gasteiger charge is 2.23. The van der Waals surface area contributed by atoms with Crippen LogP contribution in [-0.2, 0) is 14.9 Å². The van der Waals surface area contributed by atoms with Crippen LogP contribution in [0.15, 0.2) is 30.4 Å². The molecule has 0 saturated heterocycles. The Bertz CT molecular complexity index is 563. The Kier molecular flexibility index (Phi) is 5.46. The van der Waals surface area contributed by atoms with Crippen LogP contribution in [0.1, 0.15) is 26.3 Å². The highest BCUT2D eigenvalue weighted by atomic mass is 16.6. The lowest BCUT2D eigenvalue weighted by atomic mass is 9.84. The van der Waals surface area contributed by atoms with Gasteiger partial charge in [0, 0.05) is 17.6 Å². The number of nitro benzene ring substituents is 1. The fraction of sp³-hybridized carbons (Fsp3) is 0.400. The highest BCUT2D eigenvalue weighted by molar-refractivity contribution is 5.82. The lowest BCUT2D eigenvalue weighted by Gasteiger charge is -2.21. The zero-order valence-electron chi connectivity index (χ0n) is 12.6. The number of esters is 1. The summed E-state index contributed by atoms with van der Waals surface area (Å²) in [5, 5.41) is 11.0. The van der Waals surface area contributed by atoms with Crippen molar-refractivity contribution in [1.82, 2.24) is 0 Å². The summed E-state index contributed by atoms with van der Waals surface area (Å²) in [4.78, 5) is 21.9. The predicted molar refractivity (Wildman–Crippen MR) is 78.4 cm³/mol. The van der Waals surface area contributed by atoms with Crippen LogP contribution in [0.2, 0.25) is 0 Å². The van der Waals surface area contributed by atoms with E-state index in [1.165, 1.54) is 19.3 Å². The van der Waals surface area contributed by atoms with Gasteiger partial charge < -0.3 is 9.47 Å². The maximum absolute atomic E-state index is 11.4. The summed E-state index contributed by atoms with van der Waals surface area (Å²) >= 11 is 0. The number of allylic oxidation sites excluding steroid dienone is 1. The van der Waals surface area contributed by atoms with Crippen LogP contribution >= 0.6 is 0 Å². The van der Waals surface area contributed by atoms with E-state index in [0.29, 0.717) is 12.2 Å². The fourth-order valence-electron chi connectivity index (χ4n) is 1.80. The molecule has 0 unspecified atom stereocenters. The molecule has 0 N–H and O–H groups in total. The minimum absolute atomic E-state index is 0.104. The van der Waals surface area contributed by atoms with Crippen LogP contribution in [0, 0.1) is 10.1 Å². The van der Waals surface area contributed by atoms with Gasteiger partial charge in [0.15, 0.2) is 5.75 Å². The monoisotopic (exact) mass is 293 g/mol. The lowest BCUT2D eigenvalue weighted by molar-refractivity contribution is -0.385. The van der Waals surface area contributed by atoms with Gasteiger partial charge in [0.1, 0.15) is 0 Å². The summed E-state index contributed by atoms with van der Waals surface area (Å²) < 4.78 is 9.79. The molecule has 114 valence electrons. The average molecular weight is 293 g/mol. The van der Waals surface area contributed by atoms with Gasteiger partial charge in [-0.25, -0.2) is 4.79 Å². The number of nitro groups is 1. The first-order valence-electron chi connectivity index (χ1n) is 6.50. The molecule has 0 aliphatic carbocycles. The van der Waals surface area contributed by atoms with Crippen LogP contribution in [0.5, 0.6) is 5.75 Å². The van der Waals surface area contributed by atoms with Crippen molar-refractivity contribution < 1.29 is 19.2 Å². The number of carbonyl (C=O) groups excluding carboxylic acids is 1. The Morgan fingerprint density at radius 3 is 2.62 bits per heavy atom. The molecule has 21 heavy (non-hydrogen) atoms. The van der Waals surface area contributed by atoms with E-state index in [4.69, 9.17) is 9.47 Å². The van der Waals surface area contributed by atoms with Crippen molar-refractivity contribution in [2.75, 3.05) is 13.7 Å². The average Bonchev–Trinajstić information content (AvgIpc) is 2.44. The number of nitrogens with zero attached hydrogens (tertiary/aromatic N) is 1. The molecule has 0 heterocycles. The number of ether oxygens (including phenoxy) is 2. The minimum atomic E-state index is -0.552. The van der Waals surface area contributed by atoms with Crippen molar-refractivity contribution in [1.29, 1.82) is 0 Å². The summed E-state index contributed by atoms with van der Waals surface area (Å²) in [5.41, 5.74) is 0.0484. The maximum atomic E-state index is 11.4. The number of hydrogen-bond acceptors (Lipinski definition) is 5. The Balaban J connectivity index is 3.11. The molecular weight excluding hydrogens is 274 g/mol. The van der Waals surface area contributed by atoms with Crippen molar-refractivity contribution in [2.24, 2.45) is 0 Å². The Labute approximate surface area is 123 Å². The number of carbonyl (C=O) groups is 1. The van der Waals surface area contributed by atoms with Gasteiger partial charge in [0.25, 0.3) is 0 Å². The SMILES string of the molecule is CCOC(=O)C=CC(C)(C)c1ccc(OC)c([N+](=O)[O-])c1. The number of benzene rings is 1. The molecule has 0 bridgehead atoms. The quantitative estimate of drug-likeness (QED) is 0.348. The van der Waals surface area contributed by atoms with E-state index in [0.717, 1.165) is 0 Å². The van der Waals surface area contributed by atoms with E-state index in [2.05, 4.69) is 0 Å². The summed E-state index contributed by atoms with van der Waals surface area (Å²) in [6.07, 6.45) is 3.00. The van der Waals surface area contributed by atoms with Crippen LogP contribution in [0.4, 0.5) is 5.69 Å². The standard InChI is InChI=1S/C15H19NO5/c1-5-21-14(17)8-9-15(2,3)11-6-7-13(20-4)12(10-11)16(18)19/h6-10H,5H2,1-4H3. The van der Waals surface area contributed by atoms with Gasteiger partial charge in [-0.15, -0.1) is 0 Å². The number of hydrogen-bond donors (Lipinski definition) is 0. The molecule has 1 aromatic carbocycles. The molecular formula is C15H19NO5. The Hall–Kier alpha value is -2.37.